The van der Waals surface area contributed by atoms with Crippen LogP contribution in [0.15, 0.2) is 24.3 Å². The van der Waals surface area contributed by atoms with Crippen molar-refractivity contribution in [1.29, 1.82) is 0 Å². The first-order valence-corrected chi connectivity index (χ1v) is 5.19. The lowest BCUT2D eigenvalue weighted by atomic mass is 10.1. The average molecular weight is 206 g/mol. The van der Waals surface area contributed by atoms with Gasteiger partial charge in [0.15, 0.2) is 0 Å². The predicted molar refractivity (Wildman–Crippen MR) is 57.9 cm³/mol. The lowest BCUT2D eigenvalue weighted by molar-refractivity contribution is -0.136. The quantitative estimate of drug-likeness (QED) is 0.820. The zero-order chi connectivity index (χ0) is 10.1. The Morgan fingerprint density at radius 3 is 2.86 bits per heavy atom. The third-order valence-electron chi connectivity index (χ3n) is 2.23. The number of hydrogen-bond acceptors (Lipinski definition) is 2. The minimum absolute atomic E-state index is 0.121. The molecule has 1 heterocycles. The highest BCUT2D eigenvalue weighted by atomic mass is 32.1. The minimum atomic E-state index is -0.767. The van der Waals surface area contributed by atoms with Crippen molar-refractivity contribution in [2.45, 2.75) is 13.3 Å². The van der Waals surface area contributed by atoms with Gasteiger partial charge in [-0.05, 0) is 23.9 Å². The Balaban J connectivity index is 2.62. The van der Waals surface area contributed by atoms with E-state index in [0.29, 0.717) is 0 Å². The first-order valence-electron chi connectivity index (χ1n) is 4.37. The summed E-state index contributed by atoms with van der Waals surface area (Å²) in [5.41, 5.74) is 0.957. The van der Waals surface area contributed by atoms with E-state index in [1.807, 2.05) is 31.2 Å². The van der Waals surface area contributed by atoms with Crippen LogP contribution in [-0.4, -0.2) is 11.1 Å². The summed E-state index contributed by atoms with van der Waals surface area (Å²) in [6.07, 6.45) is 0.121. The molecule has 1 aromatic heterocycles. The lowest BCUT2D eigenvalue weighted by Crippen LogP contribution is -2.00. The van der Waals surface area contributed by atoms with Gasteiger partial charge in [-0.2, -0.15) is 0 Å². The maximum absolute atomic E-state index is 10.7. The molecule has 0 saturated carbocycles. The van der Waals surface area contributed by atoms with E-state index < -0.39 is 5.97 Å². The molecule has 2 nitrogen and oxygen atoms in total. The van der Waals surface area contributed by atoms with Gasteiger partial charge in [0.1, 0.15) is 0 Å². The second kappa shape index (κ2) is 3.42. The van der Waals surface area contributed by atoms with Crippen molar-refractivity contribution in [1.82, 2.24) is 0 Å². The molecule has 1 aromatic carbocycles. The van der Waals surface area contributed by atoms with Crippen LogP contribution in [0.1, 0.15) is 10.4 Å². The zero-order valence-electron chi connectivity index (χ0n) is 7.78. The third kappa shape index (κ3) is 1.51. The number of carbonyl (C=O) groups is 1. The number of aliphatic carboxylic acids is 1. The van der Waals surface area contributed by atoms with E-state index in [9.17, 15) is 4.79 Å². The molecule has 0 aliphatic carbocycles. The van der Waals surface area contributed by atoms with Gasteiger partial charge in [0.25, 0.3) is 0 Å². The Bertz CT molecular complexity index is 485. The van der Waals surface area contributed by atoms with E-state index in [1.165, 1.54) is 4.70 Å². The van der Waals surface area contributed by atoms with E-state index in [4.69, 9.17) is 5.11 Å². The molecule has 2 aromatic rings. The summed E-state index contributed by atoms with van der Waals surface area (Å²) in [7, 11) is 0. The maximum Gasteiger partial charge on any atom is 0.307 e. The number of thiophene rings is 1. The SMILES string of the molecule is Cc1sc2ccccc2c1CC(=O)O. The fourth-order valence-electron chi connectivity index (χ4n) is 1.59. The molecule has 0 aliphatic heterocycles. The number of fused-ring (bicyclic) bond motifs is 1. The van der Waals surface area contributed by atoms with Crippen LogP contribution in [0.5, 0.6) is 0 Å². The Hall–Kier alpha value is -1.35. The second-order valence-electron chi connectivity index (χ2n) is 3.20. The van der Waals surface area contributed by atoms with E-state index in [1.54, 1.807) is 11.3 Å². The van der Waals surface area contributed by atoms with Crippen molar-refractivity contribution in [3.8, 4) is 0 Å². The Labute approximate surface area is 85.8 Å². The van der Waals surface area contributed by atoms with Crippen LogP contribution in [0.2, 0.25) is 0 Å². The summed E-state index contributed by atoms with van der Waals surface area (Å²) in [5.74, 6) is -0.767. The molecule has 0 fully saturated rings. The number of aryl methyl sites for hydroxylation is 1. The fraction of sp³-hybridized carbons (Fsp3) is 0.182. The van der Waals surface area contributed by atoms with Crippen molar-refractivity contribution in [2.24, 2.45) is 0 Å². The van der Waals surface area contributed by atoms with Crippen molar-refractivity contribution < 1.29 is 9.90 Å². The standard InChI is InChI=1S/C11H10O2S/c1-7-9(6-11(12)13)8-4-2-3-5-10(8)14-7/h2-5H,6H2,1H3,(H,12,13). The molecule has 0 bridgehead atoms. The van der Waals surface area contributed by atoms with Gasteiger partial charge in [-0.15, -0.1) is 11.3 Å². The summed E-state index contributed by atoms with van der Waals surface area (Å²) >= 11 is 1.66. The molecule has 1 N–H and O–H groups in total. The maximum atomic E-state index is 10.7. The van der Waals surface area contributed by atoms with E-state index in [-0.39, 0.29) is 6.42 Å². The predicted octanol–water partition coefficient (Wildman–Crippen LogP) is 2.84. The summed E-state index contributed by atoms with van der Waals surface area (Å²) in [6.45, 7) is 1.98. The fourth-order valence-corrected chi connectivity index (χ4v) is 2.68. The summed E-state index contributed by atoms with van der Waals surface area (Å²) < 4.78 is 1.17. The Kier molecular flexibility index (Phi) is 2.25. The first-order chi connectivity index (χ1) is 6.68. The Morgan fingerprint density at radius 2 is 2.14 bits per heavy atom. The molecule has 0 unspecified atom stereocenters. The molecule has 3 heteroatoms. The van der Waals surface area contributed by atoms with Crippen LogP contribution in [0.3, 0.4) is 0 Å². The van der Waals surface area contributed by atoms with Gasteiger partial charge in [0.05, 0.1) is 6.42 Å². The molecule has 72 valence electrons. The van der Waals surface area contributed by atoms with Crippen LogP contribution in [0.4, 0.5) is 0 Å². The highest BCUT2D eigenvalue weighted by molar-refractivity contribution is 7.19. The van der Waals surface area contributed by atoms with Gasteiger partial charge in [0.2, 0.25) is 0 Å². The monoisotopic (exact) mass is 206 g/mol. The number of hydrogen-bond donors (Lipinski definition) is 1. The molecule has 0 saturated heterocycles. The number of carboxylic acid groups (broad SMARTS) is 1. The second-order valence-corrected chi connectivity index (χ2v) is 4.46. The van der Waals surface area contributed by atoms with Crippen LogP contribution < -0.4 is 0 Å². The molecule has 2 rings (SSSR count). The molecule has 0 spiro atoms. The summed E-state index contributed by atoms with van der Waals surface area (Å²) in [4.78, 5) is 11.8. The largest absolute Gasteiger partial charge is 0.481 e. The third-order valence-corrected chi connectivity index (χ3v) is 3.36. The van der Waals surface area contributed by atoms with E-state index >= 15 is 0 Å². The highest BCUT2D eigenvalue weighted by Gasteiger charge is 2.10. The topological polar surface area (TPSA) is 37.3 Å². The minimum Gasteiger partial charge on any atom is -0.481 e. The van der Waals surface area contributed by atoms with Crippen molar-refractivity contribution in [3.63, 3.8) is 0 Å². The van der Waals surface area contributed by atoms with E-state index in [0.717, 1.165) is 15.8 Å². The smallest absolute Gasteiger partial charge is 0.307 e. The van der Waals surface area contributed by atoms with E-state index in [2.05, 4.69) is 0 Å². The van der Waals surface area contributed by atoms with Crippen molar-refractivity contribution >= 4 is 27.4 Å². The van der Waals surface area contributed by atoms with Gasteiger partial charge in [0, 0.05) is 9.58 Å². The summed E-state index contributed by atoms with van der Waals surface area (Å²) in [5, 5.41) is 9.85. The molecular weight excluding hydrogens is 196 g/mol. The van der Waals surface area contributed by atoms with Crippen molar-refractivity contribution in [2.75, 3.05) is 0 Å². The number of carboxylic acids is 1. The highest BCUT2D eigenvalue weighted by Crippen LogP contribution is 2.30. The Morgan fingerprint density at radius 1 is 1.43 bits per heavy atom. The van der Waals surface area contributed by atoms with Crippen LogP contribution in [0, 0.1) is 6.92 Å². The molecule has 0 aliphatic rings. The number of rotatable bonds is 2. The first kappa shape index (κ1) is 9.21. The van der Waals surface area contributed by atoms with Crippen LogP contribution in [0.25, 0.3) is 10.1 Å². The van der Waals surface area contributed by atoms with Crippen molar-refractivity contribution in [3.05, 3.63) is 34.7 Å². The van der Waals surface area contributed by atoms with Gasteiger partial charge in [-0.1, -0.05) is 18.2 Å². The molecule has 0 amide bonds. The van der Waals surface area contributed by atoms with Crippen LogP contribution >= 0.6 is 11.3 Å². The molecule has 0 atom stereocenters. The lowest BCUT2D eigenvalue weighted by Gasteiger charge is -1.95. The molecular formula is C11H10O2S. The van der Waals surface area contributed by atoms with Crippen LogP contribution in [-0.2, 0) is 11.2 Å². The molecule has 14 heavy (non-hydrogen) atoms. The molecule has 0 radical (unpaired) electrons. The van der Waals surface area contributed by atoms with Gasteiger partial charge >= 0.3 is 5.97 Å². The number of benzene rings is 1. The van der Waals surface area contributed by atoms with Gasteiger partial charge < -0.3 is 5.11 Å². The van der Waals surface area contributed by atoms with Gasteiger partial charge in [-0.25, -0.2) is 0 Å². The average Bonchev–Trinajstić information content (AvgIpc) is 2.43. The zero-order valence-corrected chi connectivity index (χ0v) is 8.60. The van der Waals surface area contributed by atoms with Gasteiger partial charge in [-0.3, -0.25) is 4.79 Å². The summed E-state index contributed by atoms with van der Waals surface area (Å²) in [6, 6.07) is 7.93. The normalized spacial score (nSPS) is 10.6.